The van der Waals surface area contributed by atoms with Crippen molar-refractivity contribution in [3.63, 3.8) is 0 Å². The van der Waals surface area contributed by atoms with Crippen LogP contribution >= 0.6 is 0 Å². The van der Waals surface area contributed by atoms with E-state index in [4.69, 9.17) is 9.47 Å². The number of benzene rings is 1. The number of rotatable bonds is 8. The second kappa shape index (κ2) is 8.29. The van der Waals surface area contributed by atoms with Crippen LogP contribution in [0, 0.1) is 11.6 Å². The molecular formula is C15H21F2NO2. The van der Waals surface area contributed by atoms with E-state index in [1.807, 2.05) is 0 Å². The van der Waals surface area contributed by atoms with Crippen LogP contribution in [0.5, 0.6) is 0 Å². The minimum atomic E-state index is -0.547. The maximum absolute atomic E-state index is 13.3. The molecule has 0 spiro atoms. The van der Waals surface area contributed by atoms with Crippen molar-refractivity contribution in [1.29, 1.82) is 0 Å². The molecular weight excluding hydrogens is 264 g/mol. The van der Waals surface area contributed by atoms with Crippen molar-refractivity contribution in [3.8, 4) is 0 Å². The van der Waals surface area contributed by atoms with Crippen LogP contribution in [-0.4, -0.2) is 32.5 Å². The van der Waals surface area contributed by atoms with Crippen LogP contribution in [0.15, 0.2) is 18.2 Å². The Morgan fingerprint density at radius 3 is 3.00 bits per heavy atom. The predicted molar refractivity (Wildman–Crippen MR) is 72.5 cm³/mol. The zero-order valence-corrected chi connectivity index (χ0v) is 11.5. The second-order valence-corrected chi connectivity index (χ2v) is 4.98. The normalized spacial score (nSPS) is 18.6. The summed E-state index contributed by atoms with van der Waals surface area (Å²) in [5, 5.41) is 3.12. The van der Waals surface area contributed by atoms with Gasteiger partial charge in [0.25, 0.3) is 0 Å². The third kappa shape index (κ3) is 5.15. The largest absolute Gasteiger partial charge is 0.379 e. The van der Waals surface area contributed by atoms with Gasteiger partial charge in [-0.05, 0) is 31.9 Å². The lowest BCUT2D eigenvalue weighted by Crippen LogP contribution is -2.19. The standard InChI is InChI=1S/C15H21F2NO2/c16-13-5-4-12(15(17)9-13)10-18-6-2-7-19-11-14-3-1-8-20-14/h4-5,9,14,18H,1-3,6-8,10-11H2. The first-order valence-corrected chi connectivity index (χ1v) is 7.09. The van der Waals surface area contributed by atoms with Gasteiger partial charge < -0.3 is 14.8 Å². The monoisotopic (exact) mass is 285 g/mol. The molecule has 0 saturated carbocycles. The third-order valence-corrected chi connectivity index (χ3v) is 3.30. The molecule has 5 heteroatoms. The first kappa shape index (κ1) is 15.4. The van der Waals surface area contributed by atoms with Gasteiger partial charge in [-0.2, -0.15) is 0 Å². The van der Waals surface area contributed by atoms with Gasteiger partial charge in [0.1, 0.15) is 11.6 Å². The molecule has 1 aromatic rings. The van der Waals surface area contributed by atoms with Crippen LogP contribution in [0.1, 0.15) is 24.8 Å². The minimum absolute atomic E-state index is 0.260. The molecule has 1 aliphatic heterocycles. The average Bonchev–Trinajstić information content (AvgIpc) is 2.93. The van der Waals surface area contributed by atoms with Gasteiger partial charge >= 0.3 is 0 Å². The molecule has 1 fully saturated rings. The summed E-state index contributed by atoms with van der Waals surface area (Å²) in [4.78, 5) is 0. The molecule has 0 aliphatic carbocycles. The third-order valence-electron chi connectivity index (χ3n) is 3.30. The van der Waals surface area contributed by atoms with Crippen molar-refractivity contribution in [2.45, 2.75) is 31.9 Å². The van der Waals surface area contributed by atoms with Gasteiger partial charge in [-0.1, -0.05) is 6.07 Å². The van der Waals surface area contributed by atoms with E-state index in [0.717, 1.165) is 38.5 Å². The quantitative estimate of drug-likeness (QED) is 0.745. The van der Waals surface area contributed by atoms with Crippen LogP contribution in [0.4, 0.5) is 8.78 Å². The molecule has 2 rings (SSSR count). The molecule has 0 aromatic heterocycles. The Kier molecular flexibility index (Phi) is 6.36. The molecule has 3 nitrogen and oxygen atoms in total. The highest BCUT2D eigenvalue weighted by Gasteiger charge is 2.14. The molecule has 1 aromatic carbocycles. The summed E-state index contributed by atoms with van der Waals surface area (Å²) in [7, 11) is 0. The lowest BCUT2D eigenvalue weighted by molar-refractivity contribution is 0.0166. The highest BCUT2D eigenvalue weighted by atomic mass is 19.1. The summed E-state index contributed by atoms with van der Waals surface area (Å²) in [6.07, 6.45) is 3.33. The van der Waals surface area contributed by atoms with Crippen LogP contribution in [0.25, 0.3) is 0 Å². The molecule has 1 saturated heterocycles. The summed E-state index contributed by atoms with van der Waals surface area (Å²) >= 11 is 0. The molecule has 0 amide bonds. The first-order valence-electron chi connectivity index (χ1n) is 7.09. The molecule has 1 unspecified atom stereocenters. The van der Waals surface area contributed by atoms with E-state index < -0.39 is 11.6 Å². The Morgan fingerprint density at radius 1 is 1.35 bits per heavy atom. The molecule has 1 N–H and O–H groups in total. The molecule has 0 bridgehead atoms. The molecule has 1 aliphatic rings. The summed E-state index contributed by atoms with van der Waals surface area (Å²) < 4.78 is 37.0. The summed E-state index contributed by atoms with van der Waals surface area (Å²) in [6, 6.07) is 3.64. The van der Waals surface area contributed by atoms with Crippen LogP contribution < -0.4 is 5.32 Å². The highest BCUT2D eigenvalue weighted by Crippen LogP contribution is 2.12. The summed E-state index contributed by atoms with van der Waals surface area (Å²) in [5.41, 5.74) is 0.478. The number of hydrogen-bond acceptors (Lipinski definition) is 3. The van der Waals surface area contributed by atoms with Gasteiger partial charge in [-0.3, -0.25) is 0 Å². The Morgan fingerprint density at radius 2 is 2.25 bits per heavy atom. The lowest BCUT2D eigenvalue weighted by atomic mass is 10.2. The van der Waals surface area contributed by atoms with Crippen LogP contribution in [0.3, 0.4) is 0 Å². The van der Waals surface area contributed by atoms with Gasteiger partial charge in [0.05, 0.1) is 12.7 Å². The predicted octanol–water partition coefficient (Wildman–Crippen LogP) is 2.64. The molecule has 0 radical (unpaired) electrons. The fourth-order valence-corrected chi connectivity index (χ4v) is 2.18. The van der Waals surface area contributed by atoms with E-state index in [1.165, 1.54) is 12.1 Å². The Bertz CT molecular complexity index is 409. The Hall–Kier alpha value is -1.04. The van der Waals surface area contributed by atoms with Crippen molar-refractivity contribution >= 4 is 0 Å². The zero-order valence-electron chi connectivity index (χ0n) is 11.5. The van der Waals surface area contributed by atoms with Gasteiger partial charge in [-0.25, -0.2) is 8.78 Å². The fourth-order valence-electron chi connectivity index (χ4n) is 2.18. The van der Waals surface area contributed by atoms with E-state index in [2.05, 4.69) is 5.32 Å². The topological polar surface area (TPSA) is 30.5 Å². The number of ether oxygens (including phenoxy) is 2. The fraction of sp³-hybridized carbons (Fsp3) is 0.600. The number of nitrogens with one attached hydrogen (secondary N) is 1. The van der Waals surface area contributed by atoms with E-state index >= 15 is 0 Å². The van der Waals surface area contributed by atoms with E-state index in [1.54, 1.807) is 0 Å². The van der Waals surface area contributed by atoms with E-state index in [-0.39, 0.29) is 6.10 Å². The molecule has 1 atom stereocenters. The van der Waals surface area contributed by atoms with Crippen molar-refractivity contribution in [3.05, 3.63) is 35.4 Å². The zero-order chi connectivity index (χ0) is 14.2. The van der Waals surface area contributed by atoms with Crippen molar-refractivity contribution in [2.75, 3.05) is 26.4 Å². The van der Waals surface area contributed by atoms with Crippen LogP contribution in [-0.2, 0) is 16.0 Å². The maximum atomic E-state index is 13.3. The van der Waals surface area contributed by atoms with Gasteiger partial charge in [0.2, 0.25) is 0 Å². The second-order valence-electron chi connectivity index (χ2n) is 4.98. The van der Waals surface area contributed by atoms with Gasteiger partial charge in [0, 0.05) is 31.4 Å². The van der Waals surface area contributed by atoms with Crippen molar-refractivity contribution in [1.82, 2.24) is 5.32 Å². The van der Waals surface area contributed by atoms with Crippen LogP contribution in [0.2, 0.25) is 0 Å². The molecule has 1 heterocycles. The van der Waals surface area contributed by atoms with Gasteiger partial charge in [-0.15, -0.1) is 0 Å². The number of halogens is 2. The lowest BCUT2D eigenvalue weighted by Gasteiger charge is -2.10. The molecule has 112 valence electrons. The maximum Gasteiger partial charge on any atom is 0.130 e. The van der Waals surface area contributed by atoms with Crippen molar-refractivity contribution in [2.24, 2.45) is 0 Å². The minimum Gasteiger partial charge on any atom is -0.379 e. The number of hydrogen-bond donors (Lipinski definition) is 1. The van der Waals surface area contributed by atoms with E-state index in [0.29, 0.717) is 25.3 Å². The summed E-state index contributed by atoms with van der Waals surface area (Å²) in [5.74, 6) is -1.05. The summed E-state index contributed by atoms with van der Waals surface area (Å²) in [6.45, 7) is 3.31. The smallest absolute Gasteiger partial charge is 0.130 e. The van der Waals surface area contributed by atoms with E-state index in [9.17, 15) is 8.78 Å². The average molecular weight is 285 g/mol. The van der Waals surface area contributed by atoms with Crippen molar-refractivity contribution < 1.29 is 18.3 Å². The Labute approximate surface area is 118 Å². The SMILES string of the molecule is Fc1ccc(CNCCCOCC2CCCO2)c(F)c1. The van der Waals surface area contributed by atoms with Gasteiger partial charge in [0.15, 0.2) is 0 Å². The Balaban J connectivity index is 1.50. The highest BCUT2D eigenvalue weighted by molar-refractivity contribution is 5.18. The first-order chi connectivity index (χ1) is 9.75. The molecule has 20 heavy (non-hydrogen) atoms.